The zero-order valence-corrected chi connectivity index (χ0v) is 42.6. The van der Waals surface area contributed by atoms with Gasteiger partial charge in [-0.2, -0.15) is 0 Å². The molecular weight excluding hydrogens is 803 g/mol. The summed E-state index contributed by atoms with van der Waals surface area (Å²) >= 11 is 0. The van der Waals surface area contributed by atoms with Crippen LogP contribution >= 0.6 is 0 Å². The van der Waals surface area contributed by atoms with Crippen molar-refractivity contribution in [3.63, 3.8) is 0 Å². The van der Waals surface area contributed by atoms with Crippen molar-refractivity contribution >= 4 is 11.9 Å². The van der Waals surface area contributed by atoms with Gasteiger partial charge >= 0.3 is 5.97 Å². The lowest BCUT2D eigenvalue weighted by atomic mass is 10.0. The molecule has 1 amide bonds. The molecule has 0 aromatic heterocycles. The van der Waals surface area contributed by atoms with E-state index in [1.54, 1.807) is 0 Å². The number of amides is 1. The van der Waals surface area contributed by atoms with Crippen LogP contribution in [0.25, 0.3) is 0 Å². The third kappa shape index (κ3) is 47.3. The van der Waals surface area contributed by atoms with Crippen molar-refractivity contribution in [1.82, 2.24) is 5.32 Å². The molecule has 3 atom stereocenters. The molecule has 3 unspecified atom stereocenters. The Morgan fingerprint density at radius 1 is 0.477 bits per heavy atom. The Morgan fingerprint density at radius 3 is 1.42 bits per heavy atom. The lowest BCUT2D eigenvalue weighted by Gasteiger charge is -2.24. The van der Waals surface area contributed by atoms with Crippen LogP contribution in [0.2, 0.25) is 0 Å². The van der Waals surface area contributed by atoms with E-state index in [2.05, 4.69) is 74.7 Å². The number of carbonyl (C=O) groups is 2. The van der Waals surface area contributed by atoms with Crippen LogP contribution in [0, 0.1) is 0 Å². The fourth-order valence-electron chi connectivity index (χ4n) is 7.95. The first-order valence-corrected chi connectivity index (χ1v) is 27.4. The minimum Gasteiger partial charge on any atom is -0.462 e. The molecule has 6 nitrogen and oxygen atoms in total. The Morgan fingerprint density at radius 2 is 0.892 bits per heavy atom. The van der Waals surface area contributed by atoms with Crippen molar-refractivity contribution in [1.29, 1.82) is 0 Å². The summed E-state index contributed by atoms with van der Waals surface area (Å²) in [5, 5.41) is 23.8. The topological polar surface area (TPSA) is 95.9 Å². The number of aliphatic hydroxyl groups is 2. The fraction of sp³-hybridized carbons (Fsp3) is 0.729. The zero-order chi connectivity index (χ0) is 47.4. The number of hydrogen-bond donors (Lipinski definition) is 3. The highest BCUT2D eigenvalue weighted by molar-refractivity contribution is 5.77. The van der Waals surface area contributed by atoms with Gasteiger partial charge < -0.3 is 20.3 Å². The average Bonchev–Trinajstić information content (AvgIpc) is 3.30. The Labute approximate surface area is 402 Å². The minimum absolute atomic E-state index is 0.0472. The van der Waals surface area contributed by atoms with Crippen molar-refractivity contribution in [2.45, 2.75) is 270 Å². The molecule has 0 saturated carbocycles. The molecule has 0 spiro atoms. The van der Waals surface area contributed by atoms with E-state index >= 15 is 0 Å². The number of ether oxygens (including phenoxy) is 1. The third-order valence-corrected chi connectivity index (χ3v) is 12.1. The van der Waals surface area contributed by atoms with Gasteiger partial charge in [0.1, 0.15) is 6.10 Å². The van der Waals surface area contributed by atoms with Gasteiger partial charge in [-0.05, 0) is 77.0 Å². The molecular formula is C59H103NO5. The molecule has 0 aromatic rings. The number of rotatable bonds is 48. The lowest BCUT2D eigenvalue weighted by Crippen LogP contribution is -2.46. The second-order valence-electron chi connectivity index (χ2n) is 18.4. The second-order valence-corrected chi connectivity index (χ2v) is 18.4. The van der Waals surface area contributed by atoms with Crippen LogP contribution in [0.1, 0.15) is 252 Å². The maximum atomic E-state index is 13.2. The monoisotopic (exact) mass is 906 g/mol. The predicted molar refractivity (Wildman–Crippen MR) is 282 cm³/mol. The first-order chi connectivity index (χ1) is 32.0. The van der Waals surface area contributed by atoms with Crippen LogP contribution in [0.4, 0.5) is 0 Å². The summed E-state index contributed by atoms with van der Waals surface area (Å²) < 4.78 is 5.92. The summed E-state index contributed by atoms with van der Waals surface area (Å²) in [7, 11) is 0. The average molecular weight is 906 g/mol. The molecule has 0 bridgehead atoms. The van der Waals surface area contributed by atoms with Crippen molar-refractivity contribution in [2.24, 2.45) is 0 Å². The summed E-state index contributed by atoms with van der Waals surface area (Å²) in [6.45, 7) is 6.31. The molecule has 0 heterocycles. The molecule has 0 aliphatic heterocycles. The maximum Gasteiger partial charge on any atom is 0.306 e. The summed E-state index contributed by atoms with van der Waals surface area (Å²) in [6.07, 6.45) is 67.8. The molecule has 0 rings (SSSR count). The first-order valence-electron chi connectivity index (χ1n) is 27.4. The smallest absolute Gasteiger partial charge is 0.306 e. The molecule has 374 valence electrons. The number of nitrogens with one attached hydrogen (secondary N) is 1. The van der Waals surface area contributed by atoms with Gasteiger partial charge in [0.2, 0.25) is 5.91 Å². The molecule has 3 N–H and O–H groups in total. The molecule has 6 heteroatoms. The number of hydrogen-bond acceptors (Lipinski definition) is 5. The number of unbranched alkanes of at least 4 members (excludes halogenated alkanes) is 26. The summed E-state index contributed by atoms with van der Waals surface area (Å²) in [5.41, 5.74) is 0. The van der Waals surface area contributed by atoms with Crippen LogP contribution < -0.4 is 5.32 Å². The van der Waals surface area contributed by atoms with Crippen LogP contribution in [0.15, 0.2) is 85.1 Å². The quantitative estimate of drug-likeness (QED) is 0.0245. The minimum atomic E-state index is -0.804. The molecule has 0 saturated heterocycles. The lowest BCUT2D eigenvalue weighted by molar-refractivity contribution is -0.151. The van der Waals surface area contributed by atoms with Crippen molar-refractivity contribution < 1.29 is 24.5 Å². The van der Waals surface area contributed by atoms with Gasteiger partial charge in [0.25, 0.3) is 0 Å². The zero-order valence-electron chi connectivity index (χ0n) is 42.6. The normalized spacial score (nSPS) is 13.9. The highest BCUT2D eigenvalue weighted by Gasteiger charge is 2.24. The standard InChI is InChI=1S/C59H103NO5/c1-4-7-10-13-16-19-22-25-28-31-33-36-39-42-45-48-51-57(62)56(54-61)60-58(63)53-55(50-47-44-41-38-35-32-29-26-23-20-17-14-11-8-5-2)65-59(64)52-49-46-43-40-37-34-30-27-24-21-18-15-12-9-6-3/h9,12,15,17-18,20-21,24,26-27,29-30,34,37,55-57,61-62H,4-8,10-11,13-14,16,19,22-23,25,28,31-33,35-36,38-54H2,1-3H3,(H,60,63)/b12-9+,18-15+,20-17-,24-21-,29-26-,30-27-,37-34+. The van der Waals surface area contributed by atoms with E-state index < -0.39 is 18.2 Å². The molecule has 65 heavy (non-hydrogen) atoms. The first kappa shape index (κ1) is 62.0. The van der Waals surface area contributed by atoms with Gasteiger partial charge in [-0.15, -0.1) is 0 Å². The number of esters is 1. The van der Waals surface area contributed by atoms with E-state index in [0.717, 1.165) is 89.9 Å². The fourth-order valence-corrected chi connectivity index (χ4v) is 7.95. The summed E-state index contributed by atoms with van der Waals surface area (Å²) in [4.78, 5) is 26.2. The largest absolute Gasteiger partial charge is 0.462 e. The SMILES string of the molecule is CC/C=C/C=C/C=C\C=C/C=C/CCCCCC(=O)OC(CCCCCCC/C=C\C/C=C\CCCCC)CC(=O)NC(CO)C(O)CCCCCCCCCCCCCCCCCC. The molecule has 0 radical (unpaired) electrons. The number of carbonyl (C=O) groups excluding carboxylic acids is 2. The van der Waals surface area contributed by atoms with Crippen LogP contribution in [0.3, 0.4) is 0 Å². The molecule has 0 aliphatic rings. The van der Waals surface area contributed by atoms with Gasteiger partial charge in [0.05, 0.1) is 25.2 Å². The Bertz CT molecular complexity index is 1250. The van der Waals surface area contributed by atoms with Gasteiger partial charge in [0, 0.05) is 6.42 Å². The Kier molecular flexibility index (Phi) is 49.6. The predicted octanol–water partition coefficient (Wildman–Crippen LogP) is 16.7. The van der Waals surface area contributed by atoms with E-state index in [-0.39, 0.29) is 24.9 Å². The number of aliphatic hydroxyl groups excluding tert-OH is 2. The summed E-state index contributed by atoms with van der Waals surface area (Å²) in [5.74, 6) is -0.537. The van der Waals surface area contributed by atoms with Crippen molar-refractivity contribution in [2.75, 3.05) is 6.61 Å². The molecule has 0 aromatic carbocycles. The highest BCUT2D eigenvalue weighted by atomic mass is 16.5. The summed E-state index contributed by atoms with van der Waals surface area (Å²) in [6, 6.07) is -0.720. The van der Waals surface area contributed by atoms with E-state index in [9.17, 15) is 19.8 Å². The Balaban J connectivity index is 4.66. The maximum absolute atomic E-state index is 13.2. The Hall–Kier alpha value is -2.96. The van der Waals surface area contributed by atoms with Crippen molar-refractivity contribution in [3.05, 3.63) is 85.1 Å². The van der Waals surface area contributed by atoms with Gasteiger partial charge in [0.15, 0.2) is 0 Å². The number of allylic oxidation sites excluding steroid dienone is 14. The third-order valence-electron chi connectivity index (χ3n) is 12.1. The van der Waals surface area contributed by atoms with Crippen LogP contribution in [-0.2, 0) is 14.3 Å². The second kappa shape index (κ2) is 52.0. The van der Waals surface area contributed by atoms with Gasteiger partial charge in [-0.3, -0.25) is 9.59 Å². The molecule has 0 fully saturated rings. The molecule has 0 aliphatic carbocycles. The van der Waals surface area contributed by atoms with E-state index in [1.807, 2.05) is 36.5 Å². The van der Waals surface area contributed by atoms with Gasteiger partial charge in [-0.1, -0.05) is 247 Å². The van der Waals surface area contributed by atoms with Crippen molar-refractivity contribution in [3.8, 4) is 0 Å². The van der Waals surface area contributed by atoms with E-state index in [4.69, 9.17) is 4.74 Å². The van der Waals surface area contributed by atoms with Gasteiger partial charge in [-0.25, -0.2) is 0 Å². The van der Waals surface area contributed by atoms with E-state index in [0.29, 0.717) is 19.3 Å². The van der Waals surface area contributed by atoms with Crippen LogP contribution in [-0.4, -0.2) is 46.9 Å². The van der Waals surface area contributed by atoms with Crippen LogP contribution in [0.5, 0.6) is 0 Å². The highest BCUT2D eigenvalue weighted by Crippen LogP contribution is 2.18. The van der Waals surface area contributed by atoms with E-state index in [1.165, 1.54) is 116 Å².